The van der Waals surface area contributed by atoms with Gasteiger partial charge in [-0.1, -0.05) is 11.8 Å². The molecule has 1 aliphatic rings. The van der Waals surface area contributed by atoms with Gasteiger partial charge >= 0.3 is 5.97 Å². The van der Waals surface area contributed by atoms with Crippen LogP contribution < -0.4 is 5.32 Å². The Bertz CT molecular complexity index is 246. The molecule has 0 aliphatic carbocycles. The molecule has 1 fully saturated rings. The van der Waals surface area contributed by atoms with Gasteiger partial charge in [-0.15, -0.1) is 0 Å². The zero-order valence-electron chi connectivity index (χ0n) is 5.88. The van der Waals surface area contributed by atoms with Crippen molar-refractivity contribution in [2.24, 2.45) is 0 Å². The molecule has 1 amide bonds. The first-order chi connectivity index (χ1) is 5.11. The lowest BCUT2D eigenvalue weighted by Crippen LogP contribution is -2.16. The molecule has 0 atom stereocenters. The fourth-order valence-corrected chi connectivity index (χ4v) is 1.47. The lowest BCUT2D eigenvalue weighted by atomic mass is 10.3. The third-order valence-electron chi connectivity index (χ3n) is 1.26. The Hall–Kier alpha value is -0.970. The minimum Gasteiger partial charge on any atom is -0.478 e. The lowest BCUT2D eigenvalue weighted by molar-refractivity contribution is -0.132. The molecule has 0 aromatic heterocycles. The van der Waals surface area contributed by atoms with Gasteiger partial charge in [-0.05, 0) is 6.92 Å². The van der Waals surface area contributed by atoms with Gasteiger partial charge in [0.1, 0.15) is 0 Å². The highest BCUT2D eigenvalue weighted by Crippen LogP contribution is 2.22. The smallest absolute Gasteiger partial charge is 0.333 e. The van der Waals surface area contributed by atoms with Crippen molar-refractivity contribution in [3.8, 4) is 0 Å². The largest absolute Gasteiger partial charge is 0.478 e. The highest BCUT2D eigenvalue weighted by molar-refractivity contribution is 8.04. The molecule has 4 nitrogen and oxygen atoms in total. The van der Waals surface area contributed by atoms with E-state index in [0.29, 0.717) is 10.8 Å². The average Bonchev–Trinajstić information content (AvgIpc) is 2.34. The molecule has 1 aliphatic heterocycles. The van der Waals surface area contributed by atoms with Crippen molar-refractivity contribution in [2.75, 3.05) is 5.75 Å². The zero-order valence-corrected chi connectivity index (χ0v) is 6.70. The van der Waals surface area contributed by atoms with Crippen LogP contribution in [0.15, 0.2) is 10.6 Å². The number of aliphatic carboxylic acids is 1. The summed E-state index contributed by atoms with van der Waals surface area (Å²) in [4.78, 5) is 21.0. The normalized spacial score (nSPS) is 21.4. The summed E-state index contributed by atoms with van der Waals surface area (Å²) in [5, 5.41) is 11.4. The van der Waals surface area contributed by atoms with Crippen LogP contribution in [0.5, 0.6) is 0 Å². The monoisotopic (exact) mass is 173 g/mol. The van der Waals surface area contributed by atoms with Crippen LogP contribution in [0, 0.1) is 0 Å². The van der Waals surface area contributed by atoms with Gasteiger partial charge in [0.2, 0.25) is 5.91 Å². The summed E-state index contributed by atoms with van der Waals surface area (Å²) < 4.78 is 0. The van der Waals surface area contributed by atoms with E-state index in [4.69, 9.17) is 5.11 Å². The van der Waals surface area contributed by atoms with Gasteiger partial charge in [0.25, 0.3) is 0 Å². The molecule has 0 aromatic rings. The molecule has 0 unspecified atom stereocenters. The quantitative estimate of drug-likeness (QED) is 0.554. The molecule has 1 heterocycles. The van der Waals surface area contributed by atoms with E-state index in [2.05, 4.69) is 5.32 Å². The van der Waals surface area contributed by atoms with Gasteiger partial charge in [-0.2, -0.15) is 0 Å². The predicted octanol–water partition coefficient (Wildman–Crippen LogP) is 0.165. The first kappa shape index (κ1) is 8.13. The molecule has 2 N–H and O–H groups in total. The third-order valence-corrected chi connectivity index (χ3v) is 2.37. The van der Waals surface area contributed by atoms with Crippen LogP contribution >= 0.6 is 11.8 Å². The first-order valence-corrected chi connectivity index (χ1v) is 3.96. The molecule has 1 saturated heterocycles. The zero-order chi connectivity index (χ0) is 8.43. The molecule has 0 spiro atoms. The van der Waals surface area contributed by atoms with Gasteiger partial charge in [0, 0.05) is 0 Å². The molecule has 60 valence electrons. The van der Waals surface area contributed by atoms with Gasteiger partial charge in [-0.3, -0.25) is 4.79 Å². The molecular weight excluding hydrogens is 166 g/mol. The second kappa shape index (κ2) is 2.96. The van der Waals surface area contributed by atoms with E-state index in [1.807, 2.05) is 0 Å². The average molecular weight is 173 g/mol. The molecule has 0 radical (unpaired) electrons. The molecule has 0 saturated carbocycles. The standard InChI is InChI=1S/C6H7NO3S/c1-3(6(9)10)5-7-4(8)2-11-5/h2H2,1H3,(H,7,8)(H,9,10). The van der Waals surface area contributed by atoms with Crippen molar-refractivity contribution in [2.45, 2.75) is 6.92 Å². The van der Waals surface area contributed by atoms with Crippen LogP contribution in [0.25, 0.3) is 0 Å². The summed E-state index contributed by atoms with van der Waals surface area (Å²) in [6.45, 7) is 1.47. The Morgan fingerprint density at radius 3 is 2.73 bits per heavy atom. The van der Waals surface area contributed by atoms with Crippen molar-refractivity contribution < 1.29 is 14.7 Å². The SMILES string of the molecule is CC(C(=O)O)=C1NC(=O)CS1. The summed E-state index contributed by atoms with van der Waals surface area (Å²) in [6.07, 6.45) is 0. The fourth-order valence-electron chi connectivity index (χ4n) is 0.636. The third kappa shape index (κ3) is 1.74. The van der Waals surface area contributed by atoms with Crippen LogP contribution in [-0.2, 0) is 9.59 Å². The summed E-state index contributed by atoms with van der Waals surface area (Å²) >= 11 is 1.23. The van der Waals surface area contributed by atoms with E-state index in [-0.39, 0.29) is 11.5 Å². The fraction of sp³-hybridized carbons (Fsp3) is 0.333. The van der Waals surface area contributed by atoms with Crippen molar-refractivity contribution in [3.63, 3.8) is 0 Å². The van der Waals surface area contributed by atoms with Crippen LogP contribution in [0.2, 0.25) is 0 Å². The highest BCUT2D eigenvalue weighted by Gasteiger charge is 2.19. The predicted molar refractivity (Wildman–Crippen MR) is 40.9 cm³/mol. The van der Waals surface area contributed by atoms with Gasteiger partial charge in [0.05, 0.1) is 16.4 Å². The van der Waals surface area contributed by atoms with Crippen LogP contribution in [0.3, 0.4) is 0 Å². The maximum absolute atomic E-state index is 10.6. The Morgan fingerprint density at radius 1 is 1.73 bits per heavy atom. The minimum atomic E-state index is -0.991. The molecule has 11 heavy (non-hydrogen) atoms. The van der Waals surface area contributed by atoms with Gasteiger partial charge in [-0.25, -0.2) is 4.79 Å². The van der Waals surface area contributed by atoms with E-state index in [1.54, 1.807) is 0 Å². The second-order valence-electron chi connectivity index (χ2n) is 2.10. The number of thioether (sulfide) groups is 1. The van der Waals surface area contributed by atoms with Crippen LogP contribution in [0.4, 0.5) is 0 Å². The first-order valence-electron chi connectivity index (χ1n) is 2.98. The second-order valence-corrected chi connectivity index (χ2v) is 3.08. The molecule has 0 aromatic carbocycles. The number of carboxylic acids is 1. The van der Waals surface area contributed by atoms with Gasteiger partial charge in [0.15, 0.2) is 0 Å². The maximum atomic E-state index is 10.6. The van der Waals surface area contributed by atoms with E-state index >= 15 is 0 Å². The van der Waals surface area contributed by atoms with Crippen LogP contribution in [0.1, 0.15) is 6.92 Å². The van der Waals surface area contributed by atoms with Crippen molar-refractivity contribution in [1.29, 1.82) is 0 Å². The Balaban J connectivity index is 2.81. The number of hydrogen-bond donors (Lipinski definition) is 2. The molecule has 1 rings (SSSR count). The highest BCUT2D eigenvalue weighted by atomic mass is 32.2. The van der Waals surface area contributed by atoms with Crippen molar-refractivity contribution in [1.82, 2.24) is 5.32 Å². The minimum absolute atomic E-state index is 0.134. The molecule has 5 heteroatoms. The molecular formula is C6H7NO3S. The van der Waals surface area contributed by atoms with Crippen molar-refractivity contribution >= 4 is 23.6 Å². The lowest BCUT2D eigenvalue weighted by Gasteiger charge is -1.97. The van der Waals surface area contributed by atoms with E-state index in [0.717, 1.165) is 0 Å². The Morgan fingerprint density at radius 2 is 2.36 bits per heavy atom. The Kier molecular flexibility index (Phi) is 2.19. The Labute approximate surface area is 67.7 Å². The van der Waals surface area contributed by atoms with E-state index in [1.165, 1.54) is 18.7 Å². The number of carbonyl (C=O) groups is 2. The van der Waals surface area contributed by atoms with Crippen LogP contribution in [-0.4, -0.2) is 22.7 Å². The summed E-state index contributed by atoms with van der Waals surface area (Å²) in [6, 6.07) is 0. The summed E-state index contributed by atoms with van der Waals surface area (Å²) in [5.41, 5.74) is 0.195. The summed E-state index contributed by atoms with van der Waals surface area (Å²) in [7, 11) is 0. The number of hydrogen-bond acceptors (Lipinski definition) is 3. The van der Waals surface area contributed by atoms with Gasteiger partial charge < -0.3 is 10.4 Å². The number of nitrogens with one attached hydrogen (secondary N) is 1. The van der Waals surface area contributed by atoms with Crippen molar-refractivity contribution in [3.05, 3.63) is 10.6 Å². The van der Waals surface area contributed by atoms with E-state index in [9.17, 15) is 9.59 Å². The topological polar surface area (TPSA) is 66.4 Å². The number of carbonyl (C=O) groups excluding carboxylic acids is 1. The summed E-state index contributed by atoms with van der Waals surface area (Å²) in [5.74, 6) is -0.805. The number of rotatable bonds is 1. The number of amides is 1. The molecule has 0 bridgehead atoms. The number of carboxylic acid groups (broad SMARTS) is 1. The maximum Gasteiger partial charge on any atom is 0.333 e. The van der Waals surface area contributed by atoms with E-state index < -0.39 is 5.97 Å².